The highest BCUT2D eigenvalue weighted by molar-refractivity contribution is 14.0. The summed E-state index contributed by atoms with van der Waals surface area (Å²) in [7, 11) is 1.58. The van der Waals surface area contributed by atoms with E-state index < -0.39 is 11.7 Å². The number of alkyl halides is 3. The minimum Gasteiger partial charge on any atom is -0.356 e. The first-order valence-electron chi connectivity index (χ1n) is 9.93. The number of nitrogens with one attached hydrogen (secondary N) is 2. The van der Waals surface area contributed by atoms with Crippen LogP contribution in [0.15, 0.2) is 47.7 Å². The molecule has 0 saturated heterocycles. The fourth-order valence-electron chi connectivity index (χ4n) is 3.28. The molecule has 0 aliphatic rings. The SMILES string of the molecule is CN=C(NCCCn1cccn1)NCc1ccc(-n2nc(C)cc2C)cc1C(F)(F)F.I. The zero-order chi connectivity index (χ0) is 22.4. The Balaban J connectivity index is 0.00000363. The van der Waals surface area contributed by atoms with E-state index in [1.807, 2.05) is 29.9 Å². The Labute approximate surface area is 202 Å². The van der Waals surface area contributed by atoms with Crippen LogP contribution in [-0.4, -0.2) is 39.1 Å². The largest absolute Gasteiger partial charge is 0.416 e. The molecule has 0 fully saturated rings. The molecule has 32 heavy (non-hydrogen) atoms. The molecule has 2 N–H and O–H groups in total. The van der Waals surface area contributed by atoms with E-state index in [4.69, 9.17) is 0 Å². The second kappa shape index (κ2) is 11.3. The van der Waals surface area contributed by atoms with Gasteiger partial charge in [-0.05, 0) is 50.1 Å². The summed E-state index contributed by atoms with van der Waals surface area (Å²) < 4.78 is 44.5. The minimum atomic E-state index is -4.48. The van der Waals surface area contributed by atoms with Crippen molar-refractivity contribution < 1.29 is 13.2 Å². The Kier molecular flexibility index (Phi) is 9.10. The summed E-state index contributed by atoms with van der Waals surface area (Å²) in [6.45, 7) is 4.96. The summed E-state index contributed by atoms with van der Waals surface area (Å²) in [6, 6.07) is 7.94. The van der Waals surface area contributed by atoms with Gasteiger partial charge in [0.05, 0.1) is 16.9 Å². The van der Waals surface area contributed by atoms with E-state index in [0.717, 1.165) is 30.4 Å². The van der Waals surface area contributed by atoms with Gasteiger partial charge in [0, 0.05) is 44.8 Å². The molecule has 0 unspecified atom stereocenters. The number of hydrogen-bond donors (Lipinski definition) is 2. The van der Waals surface area contributed by atoms with Crippen molar-refractivity contribution in [2.75, 3.05) is 13.6 Å². The molecule has 0 atom stereocenters. The Morgan fingerprint density at radius 1 is 1.16 bits per heavy atom. The Morgan fingerprint density at radius 2 is 1.94 bits per heavy atom. The lowest BCUT2D eigenvalue weighted by Crippen LogP contribution is -2.38. The third kappa shape index (κ3) is 6.71. The highest BCUT2D eigenvalue weighted by Crippen LogP contribution is 2.33. The molecule has 0 bridgehead atoms. The molecule has 2 heterocycles. The average Bonchev–Trinajstić information content (AvgIpc) is 3.35. The highest BCUT2D eigenvalue weighted by Gasteiger charge is 2.33. The van der Waals surface area contributed by atoms with Gasteiger partial charge in [-0.2, -0.15) is 23.4 Å². The molecule has 0 radical (unpaired) electrons. The second-order valence-corrected chi connectivity index (χ2v) is 7.15. The quantitative estimate of drug-likeness (QED) is 0.198. The van der Waals surface area contributed by atoms with Crippen molar-refractivity contribution in [2.45, 2.75) is 39.5 Å². The monoisotopic (exact) mass is 561 g/mol. The highest BCUT2D eigenvalue weighted by atomic mass is 127. The van der Waals surface area contributed by atoms with Crippen LogP contribution in [0, 0.1) is 13.8 Å². The lowest BCUT2D eigenvalue weighted by molar-refractivity contribution is -0.138. The van der Waals surface area contributed by atoms with Crippen LogP contribution in [0.5, 0.6) is 0 Å². The van der Waals surface area contributed by atoms with Crippen LogP contribution in [0.3, 0.4) is 0 Å². The van der Waals surface area contributed by atoms with Gasteiger partial charge in [0.15, 0.2) is 5.96 Å². The number of aliphatic imine (C=N–C) groups is 1. The summed E-state index contributed by atoms with van der Waals surface area (Å²) in [5.41, 5.74) is 1.34. The summed E-state index contributed by atoms with van der Waals surface area (Å²) >= 11 is 0. The van der Waals surface area contributed by atoms with Crippen molar-refractivity contribution in [2.24, 2.45) is 4.99 Å². The number of halogens is 4. The maximum absolute atomic E-state index is 13.7. The number of aromatic nitrogens is 4. The molecule has 0 saturated carbocycles. The van der Waals surface area contributed by atoms with Crippen molar-refractivity contribution in [3.63, 3.8) is 0 Å². The van der Waals surface area contributed by atoms with E-state index in [1.54, 1.807) is 26.2 Å². The third-order valence-corrected chi connectivity index (χ3v) is 4.74. The van der Waals surface area contributed by atoms with Crippen LogP contribution in [0.25, 0.3) is 5.69 Å². The van der Waals surface area contributed by atoms with Crippen LogP contribution in [-0.2, 0) is 19.3 Å². The first-order valence-corrected chi connectivity index (χ1v) is 9.93. The normalized spacial score (nSPS) is 11.9. The maximum Gasteiger partial charge on any atom is 0.416 e. The first kappa shape index (κ1) is 25.7. The van der Waals surface area contributed by atoms with Crippen LogP contribution in [0.4, 0.5) is 13.2 Å². The van der Waals surface area contributed by atoms with Crippen molar-refractivity contribution >= 4 is 29.9 Å². The molecule has 3 aromatic rings. The van der Waals surface area contributed by atoms with Gasteiger partial charge in [-0.1, -0.05) is 6.07 Å². The van der Waals surface area contributed by atoms with Gasteiger partial charge in [0.2, 0.25) is 0 Å². The van der Waals surface area contributed by atoms with Gasteiger partial charge in [0.25, 0.3) is 0 Å². The van der Waals surface area contributed by atoms with E-state index in [9.17, 15) is 13.2 Å². The van der Waals surface area contributed by atoms with Crippen molar-refractivity contribution in [3.05, 3.63) is 65.2 Å². The summed E-state index contributed by atoms with van der Waals surface area (Å²) in [5, 5.41) is 14.5. The van der Waals surface area contributed by atoms with Crippen LogP contribution in [0.2, 0.25) is 0 Å². The predicted molar refractivity (Wildman–Crippen MR) is 129 cm³/mol. The van der Waals surface area contributed by atoms with Crippen LogP contribution < -0.4 is 10.6 Å². The topological polar surface area (TPSA) is 72.1 Å². The molecule has 2 aromatic heterocycles. The molecule has 11 heteroatoms. The van der Waals surface area contributed by atoms with Gasteiger partial charge in [0.1, 0.15) is 0 Å². The van der Waals surface area contributed by atoms with E-state index in [1.165, 1.54) is 10.7 Å². The number of nitrogens with zero attached hydrogens (tertiary/aromatic N) is 5. The van der Waals surface area contributed by atoms with Crippen LogP contribution >= 0.6 is 24.0 Å². The first-order chi connectivity index (χ1) is 14.8. The van der Waals surface area contributed by atoms with E-state index >= 15 is 0 Å². The Bertz CT molecular complexity index is 1030. The molecule has 1 aromatic carbocycles. The average molecular weight is 561 g/mol. The fourth-order valence-corrected chi connectivity index (χ4v) is 3.28. The number of benzene rings is 1. The fraction of sp³-hybridized carbons (Fsp3) is 0.381. The molecule has 0 aliphatic heterocycles. The van der Waals surface area contributed by atoms with Gasteiger partial charge < -0.3 is 10.6 Å². The molecular formula is C21H27F3IN7. The summed E-state index contributed by atoms with van der Waals surface area (Å²) in [4.78, 5) is 4.09. The van der Waals surface area contributed by atoms with E-state index in [0.29, 0.717) is 18.2 Å². The molecule has 7 nitrogen and oxygen atoms in total. The maximum atomic E-state index is 13.7. The molecular weight excluding hydrogens is 534 g/mol. The molecule has 0 amide bonds. The number of hydrogen-bond acceptors (Lipinski definition) is 3. The van der Waals surface area contributed by atoms with Gasteiger partial charge in [-0.25, -0.2) is 4.68 Å². The number of rotatable bonds is 7. The Morgan fingerprint density at radius 3 is 2.53 bits per heavy atom. The molecule has 174 valence electrons. The third-order valence-electron chi connectivity index (χ3n) is 4.74. The van der Waals surface area contributed by atoms with Gasteiger partial charge in [-0.15, -0.1) is 24.0 Å². The number of aryl methyl sites for hydroxylation is 3. The van der Waals surface area contributed by atoms with Gasteiger partial charge in [-0.3, -0.25) is 9.67 Å². The molecule has 3 rings (SSSR count). The predicted octanol–water partition coefficient (Wildman–Crippen LogP) is 4.08. The van der Waals surface area contributed by atoms with Gasteiger partial charge >= 0.3 is 6.18 Å². The van der Waals surface area contributed by atoms with E-state index in [2.05, 4.69) is 25.8 Å². The lowest BCUT2D eigenvalue weighted by atomic mass is 10.1. The summed E-state index contributed by atoms with van der Waals surface area (Å²) in [6.07, 6.45) is -0.0922. The van der Waals surface area contributed by atoms with Crippen molar-refractivity contribution in [1.29, 1.82) is 0 Å². The zero-order valence-electron chi connectivity index (χ0n) is 18.1. The minimum absolute atomic E-state index is 0. The van der Waals surface area contributed by atoms with Crippen molar-refractivity contribution in [3.8, 4) is 5.69 Å². The standard InChI is InChI=1S/C21H26F3N7.HI/c1-15-12-16(2)31(29-15)18-7-6-17(19(13-18)21(22,23)24)14-27-20(25-3)26-8-4-10-30-11-5-9-28-30;/h5-7,9,11-13H,4,8,10,14H2,1-3H3,(H2,25,26,27);1H. The molecule has 0 spiro atoms. The Hall–Kier alpha value is -2.57. The zero-order valence-corrected chi connectivity index (χ0v) is 20.5. The lowest BCUT2D eigenvalue weighted by Gasteiger charge is -2.17. The smallest absolute Gasteiger partial charge is 0.356 e. The second-order valence-electron chi connectivity index (χ2n) is 7.15. The summed E-state index contributed by atoms with van der Waals surface area (Å²) in [5.74, 6) is 0.441. The van der Waals surface area contributed by atoms with Crippen molar-refractivity contribution in [1.82, 2.24) is 30.2 Å². The number of guanidine groups is 1. The molecule has 0 aliphatic carbocycles. The van der Waals surface area contributed by atoms with Crippen LogP contribution in [0.1, 0.15) is 28.9 Å². The van der Waals surface area contributed by atoms with E-state index in [-0.39, 0.29) is 36.1 Å².